The Morgan fingerprint density at radius 1 is 1.17 bits per heavy atom. The van der Waals surface area contributed by atoms with E-state index < -0.39 is 22.7 Å². The van der Waals surface area contributed by atoms with Crippen molar-refractivity contribution in [2.75, 3.05) is 0 Å². The van der Waals surface area contributed by atoms with Gasteiger partial charge in [0.15, 0.2) is 17.5 Å². The van der Waals surface area contributed by atoms with E-state index in [-0.39, 0.29) is 5.56 Å². The van der Waals surface area contributed by atoms with Crippen LogP contribution in [0.5, 0.6) is 0 Å². The molecule has 1 atom stereocenters. The molecule has 0 aromatic heterocycles. The zero-order valence-electron chi connectivity index (χ0n) is 6.31. The van der Waals surface area contributed by atoms with Gasteiger partial charge in [-0.25, -0.2) is 13.2 Å². The van der Waals surface area contributed by atoms with Crippen molar-refractivity contribution in [1.29, 1.82) is 0 Å². The summed E-state index contributed by atoms with van der Waals surface area (Å²) >= 11 is 3.91. The molecule has 0 aliphatic rings. The molecule has 0 nitrogen and oxygen atoms in total. The van der Waals surface area contributed by atoms with Gasteiger partial charge in [-0.05, 0) is 13.0 Å². The van der Waals surface area contributed by atoms with Gasteiger partial charge in [-0.2, -0.15) is 12.6 Å². The average Bonchev–Trinajstić information content (AvgIpc) is 2.00. The van der Waals surface area contributed by atoms with Gasteiger partial charge in [-0.15, -0.1) is 0 Å². The van der Waals surface area contributed by atoms with Crippen molar-refractivity contribution >= 4 is 12.6 Å². The number of rotatable bonds is 1. The van der Waals surface area contributed by atoms with E-state index in [1.165, 1.54) is 6.07 Å². The molecular formula is C8H7F3S. The Morgan fingerprint density at radius 2 is 1.75 bits per heavy atom. The van der Waals surface area contributed by atoms with Crippen LogP contribution in [0.1, 0.15) is 17.7 Å². The average molecular weight is 192 g/mol. The molecule has 0 spiro atoms. The first-order chi connectivity index (χ1) is 5.54. The third-order valence-corrected chi connectivity index (χ3v) is 1.79. The summed E-state index contributed by atoms with van der Waals surface area (Å²) in [5, 5.41) is -0.444. The van der Waals surface area contributed by atoms with Crippen molar-refractivity contribution in [3.8, 4) is 0 Å². The minimum absolute atomic E-state index is 0.0669. The fourth-order valence-corrected chi connectivity index (χ4v) is 1.06. The second kappa shape index (κ2) is 3.39. The quantitative estimate of drug-likeness (QED) is 0.513. The summed E-state index contributed by atoms with van der Waals surface area (Å²) in [4.78, 5) is 0. The van der Waals surface area contributed by atoms with Gasteiger partial charge in [0.25, 0.3) is 0 Å². The lowest BCUT2D eigenvalue weighted by Gasteiger charge is -2.06. The molecule has 0 radical (unpaired) electrons. The van der Waals surface area contributed by atoms with Gasteiger partial charge in [0.1, 0.15) is 0 Å². The van der Waals surface area contributed by atoms with Gasteiger partial charge in [0.05, 0.1) is 0 Å². The highest BCUT2D eigenvalue weighted by Gasteiger charge is 2.15. The first-order valence-corrected chi connectivity index (χ1v) is 3.87. The minimum Gasteiger partial charge on any atom is -0.204 e. The third-order valence-electron chi connectivity index (χ3n) is 1.52. The van der Waals surface area contributed by atoms with Gasteiger partial charge in [0.2, 0.25) is 0 Å². The zero-order chi connectivity index (χ0) is 9.30. The summed E-state index contributed by atoms with van der Waals surface area (Å²) in [7, 11) is 0. The number of hydrogen-bond donors (Lipinski definition) is 1. The van der Waals surface area contributed by atoms with Crippen LogP contribution in [0.4, 0.5) is 13.2 Å². The van der Waals surface area contributed by atoms with Crippen LogP contribution in [0.2, 0.25) is 0 Å². The third kappa shape index (κ3) is 1.58. The lowest BCUT2D eigenvalue weighted by atomic mass is 10.1. The van der Waals surface area contributed by atoms with E-state index in [1.807, 2.05) is 0 Å². The maximum absolute atomic E-state index is 12.8. The monoisotopic (exact) mass is 192 g/mol. The molecule has 0 heterocycles. The molecule has 1 aromatic rings. The predicted octanol–water partition coefficient (Wildman–Crippen LogP) is 3.09. The van der Waals surface area contributed by atoms with Gasteiger partial charge in [-0.1, -0.05) is 6.07 Å². The Hall–Kier alpha value is -0.640. The van der Waals surface area contributed by atoms with Crippen LogP contribution in [0, 0.1) is 17.5 Å². The van der Waals surface area contributed by atoms with E-state index in [1.54, 1.807) is 6.92 Å². The van der Waals surface area contributed by atoms with Crippen LogP contribution in [0.3, 0.4) is 0 Å². The summed E-state index contributed by atoms with van der Waals surface area (Å²) in [6.07, 6.45) is 0. The second-order valence-electron chi connectivity index (χ2n) is 2.44. The molecule has 12 heavy (non-hydrogen) atoms. The van der Waals surface area contributed by atoms with Crippen LogP contribution in [-0.4, -0.2) is 0 Å². The highest BCUT2D eigenvalue weighted by Crippen LogP contribution is 2.24. The summed E-state index contributed by atoms with van der Waals surface area (Å²) in [6, 6.07) is 2.08. The molecule has 0 aliphatic carbocycles. The predicted molar refractivity (Wildman–Crippen MR) is 43.7 cm³/mol. The summed E-state index contributed by atoms with van der Waals surface area (Å²) in [5.41, 5.74) is 0.0669. The molecule has 0 bridgehead atoms. The van der Waals surface area contributed by atoms with Crippen LogP contribution >= 0.6 is 12.6 Å². The maximum Gasteiger partial charge on any atom is 0.194 e. The van der Waals surface area contributed by atoms with Gasteiger partial charge in [0, 0.05) is 10.8 Å². The zero-order valence-corrected chi connectivity index (χ0v) is 7.21. The molecule has 0 amide bonds. The van der Waals surface area contributed by atoms with Crippen molar-refractivity contribution in [1.82, 2.24) is 0 Å². The Labute approximate surface area is 73.8 Å². The topological polar surface area (TPSA) is 0 Å². The number of hydrogen-bond acceptors (Lipinski definition) is 1. The molecule has 4 heteroatoms. The Kier molecular flexibility index (Phi) is 2.67. The molecule has 66 valence electrons. The van der Waals surface area contributed by atoms with E-state index >= 15 is 0 Å². The van der Waals surface area contributed by atoms with Gasteiger partial charge < -0.3 is 0 Å². The van der Waals surface area contributed by atoms with E-state index in [9.17, 15) is 13.2 Å². The van der Waals surface area contributed by atoms with Crippen molar-refractivity contribution in [3.05, 3.63) is 35.1 Å². The van der Waals surface area contributed by atoms with Crippen molar-refractivity contribution in [2.24, 2.45) is 0 Å². The molecule has 1 unspecified atom stereocenters. The Bertz CT molecular complexity index is 297. The molecule has 1 aromatic carbocycles. The van der Waals surface area contributed by atoms with Crippen LogP contribution in [-0.2, 0) is 0 Å². The summed E-state index contributed by atoms with van der Waals surface area (Å²) < 4.78 is 37.8. The molecule has 1 rings (SSSR count). The van der Waals surface area contributed by atoms with E-state index in [0.717, 1.165) is 6.07 Å². The van der Waals surface area contributed by atoms with Gasteiger partial charge >= 0.3 is 0 Å². The van der Waals surface area contributed by atoms with E-state index in [2.05, 4.69) is 12.6 Å². The smallest absolute Gasteiger partial charge is 0.194 e. The highest BCUT2D eigenvalue weighted by molar-refractivity contribution is 7.80. The van der Waals surface area contributed by atoms with Crippen molar-refractivity contribution < 1.29 is 13.2 Å². The van der Waals surface area contributed by atoms with E-state index in [0.29, 0.717) is 0 Å². The number of halogens is 3. The maximum atomic E-state index is 12.8. The lowest BCUT2D eigenvalue weighted by molar-refractivity contribution is 0.441. The van der Waals surface area contributed by atoms with Gasteiger partial charge in [-0.3, -0.25) is 0 Å². The van der Waals surface area contributed by atoms with Crippen LogP contribution < -0.4 is 0 Å². The second-order valence-corrected chi connectivity index (χ2v) is 3.22. The normalized spacial score (nSPS) is 13.1. The molecular weight excluding hydrogens is 185 g/mol. The lowest BCUT2D eigenvalue weighted by Crippen LogP contribution is -1.97. The van der Waals surface area contributed by atoms with Crippen LogP contribution in [0.25, 0.3) is 0 Å². The SMILES string of the molecule is CC(S)c1ccc(F)c(F)c1F. The van der Waals surface area contributed by atoms with E-state index in [4.69, 9.17) is 0 Å². The highest BCUT2D eigenvalue weighted by atomic mass is 32.1. The van der Waals surface area contributed by atoms with Crippen molar-refractivity contribution in [3.63, 3.8) is 0 Å². The molecule has 0 saturated heterocycles. The standard InChI is InChI=1S/C8H7F3S/c1-4(12)5-2-3-6(9)8(11)7(5)10/h2-4,12H,1H3. The summed E-state index contributed by atoms with van der Waals surface area (Å²) in [6.45, 7) is 1.58. The molecule has 0 saturated carbocycles. The molecule has 0 fully saturated rings. The number of benzene rings is 1. The number of thiol groups is 1. The van der Waals surface area contributed by atoms with Crippen molar-refractivity contribution in [2.45, 2.75) is 12.2 Å². The van der Waals surface area contributed by atoms with Crippen LogP contribution in [0.15, 0.2) is 12.1 Å². The molecule has 0 aliphatic heterocycles. The first kappa shape index (κ1) is 9.45. The molecule has 0 N–H and O–H groups in total. The largest absolute Gasteiger partial charge is 0.204 e. The Morgan fingerprint density at radius 3 is 2.25 bits per heavy atom. The first-order valence-electron chi connectivity index (χ1n) is 3.35. The fraction of sp³-hybridized carbons (Fsp3) is 0.250. The summed E-state index contributed by atoms with van der Waals surface area (Å²) in [5.74, 6) is -3.77. The Balaban J connectivity index is 3.27. The fourth-order valence-electron chi connectivity index (χ4n) is 0.863. The minimum atomic E-state index is -1.44.